The number of hydrogen-bond acceptors (Lipinski definition) is 3. The van der Waals surface area contributed by atoms with E-state index in [4.69, 9.17) is 5.73 Å². The molecule has 1 aromatic carbocycles. The lowest BCUT2D eigenvalue weighted by molar-refractivity contribution is -0.0378. The summed E-state index contributed by atoms with van der Waals surface area (Å²) in [5.74, 6) is 0.351. The molecular weight excluding hydrogens is 295 g/mol. The van der Waals surface area contributed by atoms with Crippen LogP contribution in [0.15, 0.2) is 29.3 Å². The van der Waals surface area contributed by atoms with Gasteiger partial charge in [-0.25, -0.2) is 4.39 Å². The minimum atomic E-state index is -0.495. The molecule has 1 aliphatic carbocycles. The molecular formula is C17H25FN4O. The van der Waals surface area contributed by atoms with Crippen LogP contribution in [0.3, 0.4) is 0 Å². The van der Waals surface area contributed by atoms with Crippen LogP contribution in [0.2, 0.25) is 0 Å². The number of halogens is 1. The van der Waals surface area contributed by atoms with E-state index >= 15 is 0 Å². The summed E-state index contributed by atoms with van der Waals surface area (Å²) in [6.07, 6.45) is 3.59. The lowest BCUT2D eigenvalue weighted by atomic mass is 9.78. The Kier molecular flexibility index (Phi) is 4.71. The number of benzene rings is 1. The van der Waals surface area contributed by atoms with Crippen LogP contribution in [0.5, 0.6) is 0 Å². The quantitative estimate of drug-likeness (QED) is 0.653. The predicted octanol–water partition coefficient (Wildman–Crippen LogP) is 1.57. The minimum Gasteiger partial charge on any atom is -0.390 e. The third-order valence-corrected chi connectivity index (χ3v) is 4.93. The molecule has 0 amide bonds. The van der Waals surface area contributed by atoms with Crippen molar-refractivity contribution in [1.29, 1.82) is 0 Å². The van der Waals surface area contributed by atoms with Crippen molar-refractivity contribution in [3.63, 3.8) is 0 Å². The van der Waals surface area contributed by atoms with Crippen molar-refractivity contribution in [2.45, 2.75) is 31.3 Å². The summed E-state index contributed by atoms with van der Waals surface area (Å²) in [4.78, 5) is 8.71. The van der Waals surface area contributed by atoms with Crippen molar-refractivity contribution in [3.05, 3.63) is 30.1 Å². The normalized spacial score (nSPS) is 21.2. The fourth-order valence-electron chi connectivity index (χ4n) is 3.16. The minimum absolute atomic E-state index is 0.211. The maximum absolute atomic E-state index is 13.0. The molecule has 1 aromatic rings. The molecule has 1 heterocycles. The fourth-order valence-corrected chi connectivity index (χ4v) is 3.16. The zero-order valence-corrected chi connectivity index (χ0v) is 13.4. The SMILES string of the molecule is NC(=NCCC1(O)CCC1)N1CCN(c2ccc(F)cc2)CC1. The monoisotopic (exact) mass is 320 g/mol. The van der Waals surface area contributed by atoms with Gasteiger partial charge in [-0.1, -0.05) is 0 Å². The Morgan fingerprint density at radius 2 is 1.83 bits per heavy atom. The van der Waals surface area contributed by atoms with E-state index in [9.17, 15) is 9.50 Å². The molecule has 5 nitrogen and oxygen atoms in total. The molecule has 1 saturated heterocycles. The van der Waals surface area contributed by atoms with Crippen molar-refractivity contribution in [2.75, 3.05) is 37.6 Å². The van der Waals surface area contributed by atoms with Gasteiger partial charge in [-0.3, -0.25) is 4.99 Å². The van der Waals surface area contributed by atoms with Crippen LogP contribution in [0, 0.1) is 5.82 Å². The molecule has 0 unspecified atom stereocenters. The fraction of sp³-hybridized carbons (Fsp3) is 0.588. The first-order chi connectivity index (χ1) is 11.1. The number of aliphatic hydroxyl groups is 1. The summed E-state index contributed by atoms with van der Waals surface area (Å²) < 4.78 is 13.0. The number of guanidine groups is 1. The van der Waals surface area contributed by atoms with Crippen molar-refractivity contribution < 1.29 is 9.50 Å². The first-order valence-corrected chi connectivity index (χ1v) is 8.34. The van der Waals surface area contributed by atoms with Crippen LogP contribution in [0.1, 0.15) is 25.7 Å². The number of hydrogen-bond donors (Lipinski definition) is 2. The molecule has 0 atom stereocenters. The van der Waals surface area contributed by atoms with Crippen LogP contribution in [-0.2, 0) is 0 Å². The molecule has 0 spiro atoms. The van der Waals surface area contributed by atoms with E-state index in [0.717, 1.165) is 51.1 Å². The topological polar surface area (TPSA) is 65.1 Å². The highest BCUT2D eigenvalue weighted by Crippen LogP contribution is 2.34. The smallest absolute Gasteiger partial charge is 0.191 e. The Balaban J connectivity index is 1.47. The van der Waals surface area contributed by atoms with Crippen molar-refractivity contribution in [1.82, 2.24) is 4.90 Å². The Morgan fingerprint density at radius 3 is 2.39 bits per heavy atom. The Hall–Kier alpha value is -1.82. The maximum Gasteiger partial charge on any atom is 0.191 e. The number of anilines is 1. The molecule has 3 rings (SSSR count). The van der Waals surface area contributed by atoms with E-state index in [0.29, 0.717) is 18.9 Å². The number of rotatable bonds is 4. The number of piperazine rings is 1. The predicted molar refractivity (Wildman–Crippen MR) is 90.1 cm³/mol. The van der Waals surface area contributed by atoms with Crippen LogP contribution in [0.25, 0.3) is 0 Å². The van der Waals surface area contributed by atoms with Crippen LogP contribution in [-0.4, -0.2) is 54.3 Å². The lowest BCUT2D eigenvalue weighted by Crippen LogP contribution is -2.51. The van der Waals surface area contributed by atoms with Gasteiger partial charge in [-0.05, 0) is 49.9 Å². The third kappa shape index (κ3) is 3.93. The average molecular weight is 320 g/mol. The van der Waals surface area contributed by atoms with Gasteiger partial charge in [0.25, 0.3) is 0 Å². The molecule has 3 N–H and O–H groups in total. The average Bonchev–Trinajstić information content (AvgIpc) is 2.54. The van der Waals surface area contributed by atoms with Gasteiger partial charge in [0.1, 0.15) is 5.82 Å². The molecule has 1 aliphatic heterocycles. The van der Waals surface area contributed by atoms with Gasteiger partial charge < -0.3 is 20.6 Å². The Labute approximate surface area is 136 Å². The van der Waals surface area contributed by atoms with Crippen LogP contribution >= 0.6 is 0 Å². The molecule has 126 valence electrons. The van der Waals surface area contributed by atoms with E-state index in [2.05, 4.69) is 14.8 Å². The molecule has 0 radical (unpaired) electrons. The summed E-state index contributed by atoms with van der Waals surface area (Å²) in [7, 11) is 0. The molecule has 6 heteroatoms. The van der Waals surface area contributed by atoms with E-state index in [-0.39, 0.29) is 5.82 Å². The van der Waals surface area contributed by atoms with Gasteiger partial charge in [0.15, 0.2) is 5.96 Å². The van der Waals surface area contributed by atoms with E-state index in [1.165, 1.54) is 12.1 Å². The summed E-state index contributed by atoms with van der Waals surface area (Å²) >= 11 is 0. The van der Waals surface area contributed by atoms with E-state index < -0.39 is 5.60 Å². The summed E-state index contributed by atoms with van der Waals surface area (Å²) in [6.45, 7) is 3.87. The van der Waals surface area contributed by atoms with Gasteiger partial charge in [0, 0.05) is 38.4 Å². The summed E-state index contributed by atoms with van der Waals surface area (Å²) in [5, 5.41) is 10.1. The second-order valence-corrected chi connectivity index (χ2v) is 6.52. The van der Waals surface area contributed by atoms with Gasteiger partial charge in [0.05, 0.1) is 5.60 Å². The largest absolute Gasteiger partial charge is 0.390 e. The standard InChI is InChI=1S/C17H25FN4O/c18-14-2-4-15(5-3-14)21-10-12-22(13-11-21)16(19)20-9-8-17(23)6-1-7-17/h2-5,23H,1,6-13H2,(H2,19,20). The number of nitrogens with zero attached hydrogens (tertiary/aromatic N) is 3. The number of aliphatic imine (C=N–C) groups is 1. The first kappa shape index (κ1) is 16.1. The van der Waals surface area contributed by atoms with Crippen molar-refractivity contribution >= 4 is 11.6 Å². The van der Waals surface area contributed by atoms with Gasteiger partial charge in [-0.2, -0.15) is 0 Å². The second-order valence-electron chi connectivity index (χ2n) is 6.52. The summed E-state index contributed by atoms with van der Waals surface area (Å²) in [6, 6.07) is 6.59. The highest BCUT2D eigenvalue weighted by molar-refractivity contribution is 5.78. The molecule has 0 aromatic heterocycles. The first-order valence-electron chi connectivity index (χ1n) is 8.34. The zero-order valence-electron chi connectivity index (χ0n) is 13.4. The Morgan fingerprint density at radius 1 is 1.17 bits per heavy atom. The zero-order chi connectivity index (χ0) is 16.3. The van der Waals surface area contributed by atoms with Crippen molar-refractivity contribution in [2.24, 2.45) is 10.7 Å². The Bertz CT molecular complexity index is 548. The highest BCUT2D eigenvalue weighted by atomic mass is 19.1. The molecule has 2 aliphatic rings. The van der Waals surface area contributed by atoms with E-state index in [1.54, 1.807) is 0 Å². The highest BCUT2D eigenvalue weighted by Gasteiger charge is 2.33. The molecule has 0 bridgehead atoms. The van der Waals surface area contributed by atoms with Gasteiger partial charge in [0.2, 0.25) is 0 Å². The molecule has 2 fully saturated rings. The third-order valence-electron chi connectivity index (χ3n) is 4.93. The van der Waals surface area contributed by atoms with Crippen LogP contribution in [0.4, 0.5) is 10.1 Å². The van der Waals surface area contributed by atoms with Crippen molar-refractivity contribution in [3.8, 4) is 0 Å². The maximum atomic E-state index is 13.0. The molecule has 23 heavy (non-hydrogen) atoms. The van der Waals surface area contributed by atoms with E-state index in [1.807, 2.05) is 12.1 Å². The van der Waals surface area contributed by atoms with Gasteiger partial charge in [-0.15, -0.1) is 0 Å². The lowest BCUT2D eigenvalue weighted by Gasteiger charge is -2.37. The molecule has 1 saturated carbocycles. The second kappa shape index (κ2) is 6.74. The van der Waals surface area contributed by atoms with Gasteiger partial charge >= 0.3 is 0 Å². The van der Waals surface area contributed by atoms with Crippen LogP contribution < -0.4 is 10.6 Å². The number of nitrogens with two attached hydrogens (primary N) is 1. The summed E-state index contributed by atoms with van der Waals surface area (Å²) in [5.41, 5.74) is 6.61.